The second-order valence-electron chi connectivity index (χ2n) is 8.88. The van der Waals surface area contributed by atoms with E-state index in [-0.39, 0.29) is 57.8 Å². The predicted molar refractivity (Wildman–Crippen MR) is 123 cm³/mol. The van der Waals surface area contributed by atoms with E-state index < -0.39 is 21.5 Å². The second-order valence-corrected chi connectivity index (χ2v) is 10.5. The third kappa shape index (κ3) is 22.7. The van der Waals surface area contributed by atoms with E-state index >= 15 is 0 Å². The number of hydrogen-bond acceptors (Lipinski definition) is 4. The van der Waals surface area contributed by atoms with Gasteiger partial charge in [0.25, 0.3) is 0 Å². The van der Waals surface area contributed by atoms with Gasteiger partial charge in [0.2, 0.25) is 0 Å². The Morgan fingerprint density at radius 2 is 1.00 bits per heavy atom. The van der Waals surface area contributed by atoms with Gasteiger partial charge in [-0.1, -0.05) is 123 Å². The molecule has 0 saturated heterocycles. The zero-order valence-electron chi connectivity index (χ0n) is 20.4. The summed E-state index contributed by atoms with van der Waals surface area (Å²) in [6, 6.07) is 0. The molecule has 2 unspecified atom stereocenters. The number of hydrogen-bond donors (Lipinski definition) is 1. The molecule has 0 aromatic heterocycles. The number of aliphatic hydroxyl groups is 1. The summed E-state index contributed by atoms with van der Waals surface area (Å²) in [7, 11) is -4.29. The first-order valence-corrected chi connectivity index (χ1v) is 14.0. The van der Waals surface area contributed by atoms with Crippen LogP contribution in [0.1, 0.15) is 142 Å². The molecule has 0 radical (unpaired) electrons. The van der Waals surface area contributed by atoms with Crippen LogP contribution in [0.3, 0.4) is 0 Å². The van der Waals surface area contributed by atoms with Crippen LogP contribution in [0.25, 0.3) is 0 Å². The molecular weight excluding hydrogens is 423 g/mol. The third-order valence-electron chi connectivity index (χ3n) is 5.94. The van der Waals surface area contributed by atoms with Gasteiger partial charge in [-0.15, -0.1) is 0 Å². The largest absolute Gasteiger partial charge is 1.00 e. The molecule has 176 valence electrons. The molecule has 0 fully saturated rings. The summed E-state index contributed by atoms with van der Waals surface area (Å²) in [6.45, 7) is 4.13. The minimum absolute atomic E-state index is 0. The van der Waals surface area contributed by atoms with Crippen molar-refractivity contribution in [3.8, 4) is 0 Å². The third-order valence-corrected chi connectivity index (χ3v) is 7.19. The molecule has 0 bridgehead atoms. The van der Waals surface area contributed by atoms with Crippen LogP contribution < -0.4 is 51.4 Å². The zero-order chi connectivity index (χ0) is 21.8. The standard InChI is InChI=1S/C24H50O4S.K/c1-3-5-6-7-8-9-10-11-12-13-14-15-16-17-18-19-21-23(25)22-24(20-4-2)29(26,27)28;/h23-25H,3-22H2,1-2H3,(H,26,27,28);/q;+1/p-1. The molecule has 0 aliphatic carbocycles. The fraction of sp³-hybridized carbons (Fsp3) is 1.00. The Labute approximate surface area is 230 Å². The molecule has 0 aromatic carbocycles. The summed E-state index contributed by atoms with van der Waals surface area (Å²) < 4.78 is 33.6. The summed E-state index contributed by atoms with van der Waals surface area (Å²) in [5.41, 5.74) is 0. The molecule has 0 amide bonds. The first kappa shape index (κ1) is 33.7. The molecule has 0 aliphatic heterocycles. The van der Waals surface area contributed by atoms with Crippen LogP contribution in [0.2, 0.25) is 0 Å². The minimum Gasteiger partial charge on any atom is -0.748 e. The molecule has 0 aliphatic rings. The van der Waals surface area contributed by atoms with Gasteiger partial charge in [0.1, 0.15) is 0 Å². The van der Waals surface area contributed by atoms with Crippen LogP contribution in [0.4, 0.5) is 0 Å². The van der Waals surface area contributed by atoms with Gasteiger partial charge in [-0.05, 0) is 19.3 Å². The van der Waals surface area contributed by atoms with E-state index in [9.17, 15) is 18.1 Å². The Morgan fingerprint density at radius 1 is 0.633 bits per heavy atom. The van der Waals surface area contributed by atoms with Crippen molar-refractivity contribution in [3.05, 3.63) is 0 Å². The summed E-state index contributed by atoms with van der Waals surface area (Å²) in [6.07, 6.45) is 22.0. The molecule has 0 spiro atoms. The van der Waals surface area contributed by atoms with Crippen LogP contribution >= 0.6 is 0 Å². The molecule has 2 atom stereocenters. The van der Waals surface area contributed by atoms with Crippen LogP contribution in [0.5, 0.6) is 0 Å². The average Bonchev–Trinajstić information content (AvgIpc) is 2.66. The molecule has 30 heavy (non-hydrogen) atoms. The van der Waals surface area contributed by atoms with Crippen molar-refractivity contribution in [2.75, 3.05) is 0 Å². The van der Waals surface area contributed by atoms with Crippen molar-refractivity contribution >= 4 is 10.1 Å². The minimum atomic E-state index is -4.29. The van der Waals surface area contributed by atoms with Gasteiger partial charge < -0.3 is 9.66 Å². The molecule has 6 heteroatoms. The first-order chi connectivity index (χ1) is 13.9. The van der Waals surface area contributed by atoms with Crippen molar-refractivity contribution < 1.29 is 69.5 Å². The molecule has 1 N–H and O–H groups in total. The SMILES string of the molecule is CCCCCCCCCCCCCCCCCCC(O)CC(CCC)S(=O)(=O)[O-].[K+]. The Balaban J connectivity index is 0. The van der Waals surface area contributed by atoms with Gasteiger partial charge in [0, 0.05) is 0 Å². The van der Waals surface area contributed by atoms with Crippen LogP contribution in [0.15, 0.2) is 0 Å². The Kier molecular flexibility index (Phi) is 26.6. The van der Waals surface area contributed by atoms with E-state index in [1.165, 1.54) is 89.9 Å². The van der Waals surface area contributed by atoms with E-state index in [1.807, 2.05) is 6.92 Å². The van der Waals surface area contributed by atoms with E-state index in [0.717, 1.165) is 12.8 Å². The number of aliphatic hydroxyl groups excluding tert-OH is 1. The van der Waals surface area contributed by atoms with Crippen LogP contribution in [0, 0.1) is 0 Å². The van der Waals surface area contributed by atoms with Crippen molar-refractivity contribution in [2.45, 2.75) is 154 Å². The van der Waals surface area contributed by atoms with Gasteiger partial charge in [0.05, 0.1) is 21.5 Å². The topological polar surface area (TPSA) is 77.4 Å². The van der Waals surface area contributed by atoms with E-state index in [2.05, 4.69) is 6.92 Å². The first-order valence-electron chi connectivity index (χ1n) is 12.5. The normalized spacial score (nSPS) is 13.7. The fourth-order valence-corrected chi connectivity index (χ4v) is 5.03. The number of unbranched alkanes of at least 4 members (excludes halogenated alkanes) is 15. The second kappa shape index (κ2) is 23.7. The van der Waals surface area contributed by atoms with Crippen LogP contribution in [-0.4, -0.2) is 29.4 Å². The van der Waals surface area contributed by atoms with Gasteiger partial charge in [-0.2, -0.15) is 0 Å². The Hall–Kier alpha value is 1.51. The van der Waals surface area contributed by atoms with Crippen molar-refractivity contribution in [3.63, 3.8) is 0 Å². The van der Waals surface area contributed by atoms with Crippen molar-refractivity contribution in [2.24, 2.45) is 0 Å². The smallest absolute Gasteiger partial charge is 0.748 e. The average molecular weight is 473 g/mol. The summed E-state index contributed by atoms with van der Waals surface area (Å²) in [5.74, 6) is 0. The van der Waals surface area contributed by atoms with E-state index in [0.29, 0.717) is 19.3 Å². The Bertz CT molecular complexity index is 442. The summed E-state index contributed by atoms with van der Waals surface area (Å²) in [5, 5.41) is 9.09. The molecule has 4 nitrogen and oxygen atoms in total. The van der Waals surface area contributed by atoms with Gasteiger partial charge >= 0.3 is 51.4 Å². The Morgan fingerprint density at radius 3 is 1.33 bits per heavy atom. The maximum Gasteiger partial charge on any atom is 1.00 e. The van der Waals surface area contributed by atoms with Gasteiger partial charge in [0.15, 0.2) is 0 Å². The summed E-state index contributed by atoms with van der Waals surface area (Å²) >= 11 is 0. The van der Waals surface area contributed by atoms with Gasteiger partial charge in [-0.25, -0.2) is 8.42 Å². The zero-order valence-corrected chi connectivity index (χ0v) is 24.3. The van der Waals surface area contributed by atoms with Crippen LogP contribution in [-0.2, 0) is 10.1 Å². The van der Waals surface area contributed by atoms with Crippen molar-refractivity contribution in [1.82, 2.24) is 0 Å². The molecule has 0 rings (SSSR count). The monoisotopic (exact) mass is 472 g/mol. The number of rotatable bonds is 22. The predicted octanol–water partition coefficient (Wildman–Crippen LogP) is 4.11. The van der Waals surface area contributed by atoms with Gasteiger partial charge in [-0.3, -0.25) is 0 Å². The molecule has 0 aromatic rings. The molecule has 0 saturated carbocycles. The summed E-state index contributed by atoms with van der Waals surface area (Å²) in [4.78, 5) is 0. The van der Waals surface area contributed by atoms with E-state index in [1.54, 1.807) is 0 Å². The van der Waals surface area contributed by atoms with E-state index in [4.69, 9.17) is 0 Å². The quantitative estimate of drug-likeness (QED) is 0.146. The molecule has 0 heterocycles. The maximum atomic E-state index is 11.2. The van der Waals surface area contributed by atoms with Crippen molar-refractivity contribution in [1.29, 1.82) is 0 Å². The maximum absolute atomic E-state index is 11.2. The molecular formula is C24H49KO4S. The fourth-order valence-electron chi connectivity index (χ4n) is 4.05.